The second-order valence-electron chi connectivity index (χ2n) is 4.24. The Morgan fingerprint density at radius 1 is 1.42 bits per heavy atom. The average molecular weight is 269 g/mol. The highest BCUT2D eigenvalue weighted by atomic mass is 19.1. The minimum Gasteiger partial charge on any atom is -0.489 e. The van der Waals surface area contributed by atoms with Crippen molar-refractivity contribution in [2.75, 3.05) is 6.61 Å². The summed E-state index contributed by atoms with van der Waals surface area (Å²) in [6.45, 7) is 3.55. The molecular formula is C13H16FNO4. The number of carboxylic acids is 1. The van der Waals surface area contributed by atoms with E-state index in [4.69, 9.17) is 9.84 Å². The molecule has 2 N–H and O–H groups in total. The number of halogens is 1. The van der Waals surface area contributed by atoms with Gasteiger partial charge in [-0.05, 0) is 26.0 Å². The molecule has 0 heterocycles. The SMILES string of the molecule is CC(C)NC(=O)CCOc1c(F)cccc1C(=O)O. The fourth-order valence-electron chi connectivity index (χ4n) is 1.46. The highest BCUT2D eigenvalue weighted by molar-refractivity contribution is 5.90. The van der Waals surface area contributed by atoms with Crippen LogP contribution in [0, 0.1) is 5.82 Å². The fraction of sp³-hybridized carbons (Fsp3) is 0.385. The molecule has 0 aliphatic carbocycles. The highest BCUT2D eigenvalue weighted by Crippen LogP contribution is 2.22. The number of nitrogens with one attached hydrogen (secondary N) is 1. The Labute approximate surface area is 110 Å². The van der Waals surface area contributed by atoms with Gasteiger partial charge >= 0.3 is 5.97 Å². The number of carbonyl (C=O) groups excluding carboxylic acids is 1. The summed E-state index contributed by atoms with van der Waals surface area (Å²) in [5.41, 5.74) is -0.260. The molecule has 104 valence electrons. The number of carbonyl (C=O) groups is 2. The van der Waals surface area contributed by atoms with Gasteiger partial charge in [-0.15, -0.1) is 0 Å². The van der Waals surface area contributed by atoms with Crippen LogP contribution in [0.3, 0.4) is 0 Å². The molecule has 0 spiro atoms. The molecule has 0 unspecified atom stereocenters. The molecule has 1 rings (SSSR count). The molecule has 0 aromatic heterocycles. The van der Waals surface area contributed by atoms with Crippen LogP contribution >= 0.6 is 0 Å². The van der Waals surface area contributed by atoms with Gasteiger partial charge in [-0.2, -0.15) is 0 Å². The van der Waals surface area contributed by atoms with Crippen LogP contribution in [0.5, 0.6) is 5.75 Å². The maximum Gasteiger partial charge on any atom is 0.339 e. The first kappa shape index (κ1) is 14.9. The number of hydrogen-bond acceptors (Lipinski definition) is 3. The summed E-state index contributed by atoms with van der Waals surface area (Å²) in [4.78, 5) is 22.2. The van der Waals surface area contributed by atoms with Crippen LogP contribution in [0.25, 0.3) is 0 Å². The molecule has 1 aromatic rings. The molecule has 5 nitrogen and oxygen atoms in total. The van der Waals surface area contributed by atoms with Crippen molar-refractivity contribution in [1.82, 2.24) is 5.32 Å². The van der Waals surface area contributed by atoms with E-state index in [1.165, 1.54) is 12.1 Å². The van der Waals surface area contributed by atoms with Crippen LogP contribution in [0.2, 0.25) is 0 Å². The fourth-order valence-corrected chi connectivity index (χ4v) is 1.46. The van der Waals surface area contributed by atoms with Gasteiger partial charge in [0.05, 0.1) is 13.0 Å². The van der Waals surface area contributed by atoms with Crippen LogP contribution in [0.1, 0.15) is 30.6 Å². The molecule has 0 saturated carbocycles. The molecule has 1 amide bonds. The summed E-state index contributed by atoms with van der Waals surface area (Å²) in [6, 6.07) is 3.65. The molecule has 1 aromatic carbocycles. The number of benzene rings is 1. The third-order valence-electron chi connectivity index (χ3n) is 2.22. The number of ether oxygens (including phenoxy) is 1. The minimum atomic E-state index is -1.28. The first-order valence-corrected chi connectivity index (χ1v) is 5.85. The van der Waals surface area contributed by atoms with E-state index in [0.29, 0.717) is 0 Å². The molecular weight excluding hydrogens is 253 g/mol. The predicted octanol–water partition coefficient (Wildman–Crippen LogP) is 1.82. The second kappa shape index (κ2) is 6.72. The monoisotopic (exact) mass is 269 g/mol. The van der Waals surface area contributed by atoms with Crippen LogP contribution in [-0.2, 0) is 4.79 Å². The zero-order valence-corrected chi connectivity index (χ0v) is 10.8. The third kappa shape index (κ3) is 4.57. The van der Waals surface area contributed by atoms with Gasteiger partial charge in [0, 0.05) is 6.04 Å². The lowest BCUT2D eigenvalue weighted by molar-refractivity contribution is -0.122. The van der Waals surface area contributed by atoms with Crippen molar-refractivity contribution in [3.05, 3.63) is 29.6 Å². The predicted molar refractivity (Wildman–Crippen MR) is 66.8 cm³/mol. The van der Waals surface area contributed by atoms with Crippen LogP contribution in [0.4, 0.5) is 4.39 Å². The van der Waals surface area contributed by atoms with E-state index in [0.717, 1.165) is 6.07 Å². The lowest BCUT2D eigenvalue weighted by Crippen LogP contribution is -2.31. The maximum atomic E-state index is 13.5. The zero-order valence-electron chi connectivity index (χ0n) is 10.8. The van der Waals surface area contributed by atoms with E-state index in [1.807, 2.05) is 13.8 Å². The van der Waals surface area contributed by atoms with Crippen LogP contribution in [-0.4, -0.2) is 29.6 Å². The average Bonchev–Trinajstić information content (AvgIpc) is 2.29. The number of para-hydroxylation sites is 1. The molecule has 0 saturated heterocycles. The van der Waals surface area contributed by atoms with Gasteiger partial charge in [0.2, 0.25) is 5.91 Å². The van der Waals surface area contributed by atoms with Crippen molar-refractivity contribution in [1.29, 1.82) is 0 Å². The Bertz CT molecular complexity index is 474. The van der Waals surface area contributed by atoms with Crippen molar-refractivity contribution in [3.8, 4) is 5.75 Å². The van der Waals surface area contributed by atoms with Gasteiger partial charge < -0.3 is 15.2 Å². The van der Waals surface area contributed by atoms with E-state index in [9.17, 15) is 14.0 Å². The van der Waals surface area contributed by atoms with Gasteiger partial charge in [-0.1, -0.05) is 6.07 Å². The smallest absolute Gasteiger partial charge is 0.339 e. The van der Waals surface area contributed by atoms with Gasteiger partial charge in [0.15, 0.2) is 11.6 Å². The number of hydrogen-bond donors (Lipinski definition) is 2. The van der Waals surface area contributed by atoms with Crippen molar-refractivity contribution in [2.24, 2.45) is 0 Å². The zero-order chi connectivity index (χ0) is 14.4. The summed E-state index contributed by atoms with van der Waals surface area (Å²) in [5, 5.41) is 11.5. The van der Waals surface area contributed by atoms with Crippen molar-refractivity contribution < 1.29 is 23.8 Å². The Morgan fingerprint density at radius 2 is 2.11 bits per heavy atom. The van der Waals surface area contributed by atoms with Crippen molar-refractivity contribution in [2.45, 2.75) is 26.3 Å². The topological polar surface area (TPSA) is 75.6 Å². The first-order valence-electron chi connectivity index (χ1n) is 5.85. The minimum absolute atomic E-state index is 0.00976. The molecule has 0 radical (unpaired) electrons. The van der Waals surface area contributed by atoms with E-state index in [2.05, 4.69) is 5.32 Å². The van der Waals surface area contributed by atoms with Gasteiger partial charge in [0.1, 0.15) is 5.56 Å². The highest BCUT2D eigenvalue weighted by Gasteiger charge is 2.16. The lowest BCUT2D eigenvalue weighted by Gasteiger charge is -2.11. The van der Waals surface area contributed by atoms with E-state index in [-0.39, 0.29) is 36.3 Å². The van der Waals surface area contributed by atoms with Crippen molar-refractivity contribution >= 4 is 11.9 Å². The summed E-state index contributed by atoms with van der Waals surface area (Å²) >= 11 is 0. The Hall–Kier alpha value is -2.11. The number of amides is 1. The molecule has 0 bridgehead atoms. The second-order valence-corrected chi connectivity index (χ2v) is 4.24. The lowest BCUT2D eigenvalue weighted by atomic mass is 10.2. The molecule has 0 atom stereocenters. The Morgan fingerprint density at radius 3 is 2.68 bits per heavy atom. The van der Waals surface area contributed by atoms with Crippen molar-refractivity contribution in [3.63, 3.8) is 0 Å². The summed E-state index contributed by atoms with van der Waals surface area (Å²) in [6.07, 6.45) is 0.0333. The quantitative estimate of drug-likeness (QED) is 0.826. The van der Waals surface area contributed by atoms with E-state index < -0.39 is 11.8 Å². The number of aromatic carboxylic acids is 1. The van der Waals surface area contributed by atoms with Gasteiger partial charge in [0.25, 0.3) is 0 Å². The van der Waals surface area contributed by atoms with Crippen LogP contribution < -0.4 is 10.1 Å². The summed E-state index contributed by atoms with van der Waals surface area (Å²) in [7, 11) is 0. The van der Waals surface area contributed by atoms with Gasteiger partial charge in [-0.3, -0.25) is 4.79 Å². The Kier molecular flexibility index (Phi) is 5.29. The molecule has 6 heteroatoms. The molecule has 0 fully saturated rings. The van der Waals surface area contributed by atoms with Gasteiger partial charge in [-0.25, -0.2) is 9.18 Å². The third-order valence-corrected chi connectivity index (χ3v) is 2.22. The van der Waals surface area contributed by atoms with Crippen LogP contribution in [0.15, 0.2) is 18.2 Å². The molecule has 0 aliphatic heterocycles. The maximum absolute atomic E-state index is 13.5. The standard InChI is InChI=1S/C13H16FNO4/c1-8(2)15-11(16)6-7-19-12-9(13(17)18)4-3-5-10(12)14/h3-5,8H,6-7H2,1-2H3,(H,15,16)(H,17,18). The summed E-state index contributed by atoms with van der Waals surface area (Å²) < 4.78 is 18.5. The molecule has 19 heavy (non-hydrogen) atoms. The van der Waals surface area contributed by atoms with E-state index in [1.54, 1.807) is 0 Å². The number of carboxylic acid groups (broad SMARTS) is 1. The first-order chi connectivity index (χ1) is 8.91. The summed E-state index contributed by atoms with van der Waals surface area (Å²) in [5.74, 6) is -2.61. The Balaban J connectivity index is 2.63. The van der Waals surface area contributed by atoms with E-state index >= 15 is 0 Å². The molecule has 0 aliphatic rings. The largest absolute Gasteiger partial charge is 0.489 e. The number of rotatable bonds is 6. The normalized spacial score (nSPS) is 10.3.